The Hall–Kier alpha value is -1.43. The van der Waals surface area contributed by atoms with Gasteiger partial charge in [-0.2, -0.15) is 4.98 Å². The summed E-state index contributed by atoms with van der Waals surface area (Å²) in [6.07, 6.45) is 3.30. The van der Waals surface area contributed by atoms with Gasteiger partial charge in [-0.05, 0) is 6.26 Å². The van der Waals surface area contributed by atoms with E-state index in [9.17, 15) is 4.79 Å². The smallest absolute Gasteiger partial charge is 0.275 e. The second-order valence-corrected chi connectivity index (χ2v) is 3.25. The van der Waals surface area contributed by atoms with Gasteiger partial charge in [-0.3, -0.25) is 9.20 Å². The van der Waals surface area contributed by atoms with Gasteiger partial charge in [0.05, 0.1) is 6.20 Å². The second kappa shape index (κ2) is 2.81. The fourth-order valence-electron chi connectivity index (χ4n) is 1.12. The molecule has 6 heteroatoms. The SMILES string of the molecule is CSc1nc(=O)cc2[nH]c(O)cn12. The molecular weight excluding hydrogens is 190 g/mol. The first-order valence-corrected chi connectivity index (χ1v) is 4.78. The highest BCUT2D eigenvalue weighted by atomic mass is 32.2. The molecule has 0 spiro atoms. The number of imidazole rings is 1. The molecule has 0 fully saturated rings. The molecule has 68 valence electrons. The Morgan fingerprint density at radius 3 is 3.15 bits per heavy atom. The maximum absolute atomic E-state index is 11.0. The van der Waals surface area contributed by atoms with E-state index in [0.29, 0.717) is 10.8 Å². The van der Waals surface area contributed by atoms with E-state index in [1.807, 2.05) is 6.26 Å². The molecule has 0 bridgehead atoms. The molecule has 0 aliphatic heterocycles. The minimum Gasteiger partial charge on any atom is -0.493 e. The number of aromatic amines is 1. The predicted octanol–water partition coefficient (Wildman–Crippen LogP) is 0.450. The van der Waals surface area contributed by atoms with Crippen LogP contribution in [0.15, 0.2) is 22.2 Å². The van der Waals surface area contributed by atoms with Crippen LogP contribution in [0.1, 0.15) is 0 Å². The Morgan fingerprint density at radius 2 is 2.46 bits per heavy atom. The number of nitrogens with one attached hydrogen (secondary N) is 1. The van der Waals surface area contributed by atoms with Gasteiger partial charge in [0.2, 0.25) is 5.88 Å². The molecule has 5 nitrogen and oxygen atoms in total. The fraction of sp³-hybridized carbons (Fsp3) is 0.143. The summed E-state index contributed by atoms with van der Waals surface area (Å²) in [5.74, 6) is 0.0164. The Labute approximate surface area is 77.4 Å². The molecule has 0 aliphatic rings. The van der Waals surface area contributed by atoms with Crippen molar-refractivity contribution < 1.29 is 5.11 Å². The quantitative estimate of drug-likeness (QED) is 0.514. The molecule has 0 atom stereocenters. The molecule has 13 heavy (non-hydrogen) atoms. The fourth-order valence-corrected chi connectivity index (χ4v) is 1.65. The second-order valence-electron chi connectivity index (χ2n) is 2.48. The number of rotatable bonds is 1. The van der Waals surface area contributed by atoms with Gasteiger partial charge < -0.3 is 10.1 Å². The van der Waals surface area contributed by atoms with Crippen LogP contribution in [0, 0.1) is 0 Å². The zero-order valence-electron chi connectivity index (χ0n) is 6.81. The van der Waals surface area contributed by atoms with Crippen LogP contribution in [0.3, 0.4) is 0 Å². The molecule has 0 aromatic carbocycles. The molecule has 0 radical (unpaired) electrons. The van der Waals surface area contributed by atoms with Crippen molar-refractivity contribution in [2.45, 2.75) is 5.16 Å². The van der Waals surface area contributed by atoms with E-state index >= 15 is 0 Å². The van der Waals surface area contributed by atoms with Crippen molar-refractivity contribution in [3.8, 4) is 5.88 Å². The third-order valence-corrected chi connectivity index (χ3v) is 2.27. The minimum atomic E-state index is -0.314. The van der Waals surface area contributed by atoms with Crippen molar-refractivity contribution in [2.75, 3.05) is 6.26 Å². The lowest BCUT2D eigenvalue weighted by molar-refractivity contribution is 0.457. The topological polar surface area (TPSA) is 70.4 Å². The molecule has 0 amide bonds. The summed E-state index contributed by atoms with van der Waals surface area (Å²) in [5, 5.41) is 9.71. The van der Waals surface area contributed by atoms with Gasteiger partial charge in [0.15, 0.2) is 5.16 Å². The first kappa shape index (κ1) is 8.18. The van der Waals surface area contributed by atoms with E-state index in [-0.39, 0.29) is 11.4 Å². The minimum absolute atomic E-state index is 0.0164. The zero-order chi connectivity index (χ0) is 9.42. The van der Waals surface area contributed by atoms with Crippen molar-refractivity contribution in [3.63, 3.8) is 0 Å². The average Bonchev–Trinajstić information content (AvgIpc) is 2.43. The number of thioether (sulfide) groups is 1. The Morgan fingerprint density at radius 1 is 1.69 bits per heavy atom. The van der Waals surface area contributed by atoms with Gasteiger partial charge in [0.1, 0.15) is 5.65 Å². The summed E-state index contributed by atoms with van der Waals surface area (Å²) in [6.45, 7) is 0. The Balaban J connectivity index is 2.88. The van der Waals surface area contributed by atoms with Crippen LogP contribution < -0.4 is 5.56 Å². The molecule has 2 heterocycles. The normalized spacial score (nSPS) is 10.8. The van der Waals surface area contributed by atoms with Gasteiger partial charge in [-0.1, -0.05) is 11.8 Å². The standard InChI is InChI=1S/C7H7N3O2S/c1-13-7-9-5(11)2-4-8-6(12)3-10(4)7/h2-3,8,12H,1H3. The van der Waals surface area contributed by atoms with E-state index in [1.54, 1.807) is 4.40 Å². The van der Waals surface area contributed by atoms with E-state index in [0.717, 1.165) is 0 Å². The number of aromatic nitrogens is 3. The van der Waals surface area contributed by atoms with Crippen LogP contribution >= 0.6 is 11.8 Å². The lowest BCUT2D eigenvalue weighted by Crippen LogP contribution is -2.08. The summed E-state index contributed by atoms with van der Waals surface area (Å²) in [6, 6.07) is 1.33. The van der Waals surface area contributed by atoms with Gasteiger partial charge in [0, 0.05) is 6.07 Å². The number of H-pyrrole nitrogens is 1. The number of nitrogens with zero attached hydrogens (tertiary/aromatic N) is 2. The highest BCUT2D eigenvalue weighted by Crippen LogP contribution is 2.15. The molecule has 0 unspecified atom stereocenters. The predicted molar refractivity (Wildman–Crippen MR) is 49.3 cm³/mol. The van der Waals surface area contributed by atoms with Crippen LogP contribution in [-0.2, 0) is 0 Å². The molecule has 2 aromatic rings. The van der Waals surface area contributed by atoms with Crippen LogP contribution in [0.2, 0.25) is 0 Å². The van der Waals surface area contributed by atoms with E-state index in [4.69, 9.17) is 5.11 Å². The summed E-state index contributed by atoms with van der Waals surface area (Å²) >= 11 is 1.35. The highest BCUT2D eigenvalue weighted by molar-refractivity contribution is 7.98. The molecule has 0 saturated carbocycles. The Kier molecular flexibility index (Phi) is 1.77. The van der Waals surface area contributed by atoms with Crippen molar-refractivity contribution >= 4 is 17.4 Å². The maximum Gasteiger partial charge on any atom is 0.275 e. The van der Waals surface area contributed by atoms with Crippen molar-refractivity contribution in [3.05, 3.63) is 22.6 Å². The highest BCUT2D eigenvalue weighted by Gasteiger charge is 2.04. The zero-order valence-corrected chi connectivity index (χ0v) is 7.63. The number of hydrogen-bond acceptors (Lipinski definition) is 4. The molecule has 2 N–H and O–H groups in total. The molecule has 2 rings (SSSR count). The van der Waals surface area contributed by atoms with Crippen LogP contribution in [0.5, 0.6) is 5.88 Å². The number of hydrogen-bond donors (Lipinski definition) is 2. The third kappa shape index (κ3) is 1.29. The van der Waals surface area contributed by atoms with Crippen LogP contribution in [-0.4, -0.2) is 25.7 Å². The van der Waals surface area contributed by atoms with Gasteiger partial charge in [-0.25, -0.2) is 0 Å². The third-order valence-electron chi connectivity index (χ3n) is 1.62. The lowest BCUT2D eigenvalue weighted by atomic mass is 10.6. The van der Waals surface area contributed by atoms with Crippen molar-refractivity contribution in [2.24, 2.45) is 0 Å². The first-order valence-electron chi connectivity index (χ1n) is 3.56. The van der Waals surface area contributed by atoms with Gasteiger partial charge in [0.25, 0.3) is 5.56 Å². The summed E-state index contributed by atoms with van der Waals surface area (Å²) in [4.78, 5) is 17.4. The summed E-state index contributed by atoms with van der Waals surface area (Å²) in [7, 11) is 0. The molecule has 0 saturated heterocycles. The maximum atomic E-state index is 11.0. The van der Waals surface area contributed by atoms with Crippen LogP contribution in [0.25, 0.3) is 5.65 Å². The lowest BCUT2D eigenvalue weighted by Gasteiger charge is -1.97. The van der Waals surface area contributed by atoms with Gasteiger partial charge in [-0.15, -0.1) is 0 Å². The number of fused-ring (bicyclic) bond motifs is 1. The first-order chi connectivity index (χ1) is 6.20. The molecular formula is C7H7N3O2S. The van der Waals surface area contributed by atoms with E-state index in [1.165, 1.54) is 24.0 Å². The molecule has 0 aliphatic carbocycles. The van der Waals surface area contributed by atoms with Crippen molar-refractivity contribution in [1.29, 1.82) is 0 Å². The summed E-state index contributed by atoms with van der Waals surface area (Å²) in [5.41, 5.74) is 0.230. The van der Waals surface area contributed by atoms with Gasteiger partial charge >= 0.3 is 0 Å². The van der Waals surface area contributed by atoms with Crippen molar-refractivity contribution in [1.82, 2.24) is 14.4 Å². The monoisotopic (exact) mass is 197 g/mol. The molecule has 2 aromatic heterocycles. The largest absolute Gasteiger partial charge is 0.493 e. The van der Waals surface area contributed by atoms with E-state index < -0.39 is 0 Å². The average molecular weight is 197 g/mol. The summed E-state index contributed by atoms with van der Waals surface area (Å²) < 4.78 is 1.63. The number of aromatic hydroxyl groups is 1. The van der Waals surface area contributed by atoms with Crippen LogP contribution in [0.4, 0.5) is 0 Å². The Bertz CT molecular complexity index is 502. The van der Waals surface area contributed by atoms with E-state index in [2.05, 4.69) is 9.97 Å².